The first-order valence-electron chi connectivity index (χ1n) is 5.68. The topological polar surface area (TPSA) is 26.3 Å². The molecule has 0 saturated heterocycles. The number of ketones is 1. The van der Waals surface area contributed by atoms with Crippen molar-refractivity contribution >= 4 is 21.7 Å². The minimum Gasteiger partial charge on any atom is -0.496 e. The van der Waals surface area contributed by atoms with Crippen LogP contribution >= 0.6 is 15.9 Å². The normalized spacial score (nSPS) is 10.3. The first-order valence-corrected chi connectivity index (χ1v) is 6.47. The quantitative estimate of drug-likeness (QED) is 0.794. The van der Waals surface area contributed by atoms with Crippen molar-refractivity contribution in [2.45, 2.75) is 6.92 Å². The van der Waals surface area contributed by atoms with Crippen molar-refractivity contribution in [1.82, 2.24) is 0 Å². The van der Waals surface area contributed by atoms with Crippen molar-refractivity contribution in [2.24, 2.45) is 0 Å². The van der Waals surface area contributed by atoms with Crippen LogP contribution in [0.5, 0.6) is 5.75 Å². The third-order valence-corrected chi connectivity index (χ3v) is 3.41. The molecule has 0 unspecified atom stereocenters. The number of carbonyl (C=O) groups is 1. The number of benzene rings is 2. The van der Waals surface area contributed by atoms with Crippen LogP contribution < -0.4 is 4.74 Å². The molecule has 0 fully saturated rings. The molecular formula is C15H12BrFO2. The average molecular weight is 323 g/mol. The Morgan fingerprint density at radius 2 is 1.95 bits per heavy atom. The van der Waals surface area contributed by atoms with Gasteiger partial charge in [0, 0.05) is 0 Å². The van der Waals surface area contributed by atoms with Crippen molar-refractivity contribution in [2.75, 3.05) is 7.11 Å². The van der Waals surface area contributed by atoms with E-state index in [4.69, 9.17) is 4.74 Å². The molecule has 2 nitrogen and oxygen atoms in total. The number of hydrogen-bond acceptors (Lipinski definition) is 2. The van der Waals surface area contributed by atoms with E-state index in [1.54, 1.807) is 30.3 Å². The lowest BCUT2D eigenvalue weighted by Crippen LogP contribution is -2.07. The SMILES string of the molecule is COc1cc(C)ccc1C(=O)c1cccc(Br)c1F. The lowest BCUT2D eigenvalue weighted by atomic mass is 10.0. The fourth-order valence-electron chi connectivity index (χ4n) is 1.81. The Balaban J connectivity index is 2.53. The van der Waals surface area contributed by atoms with Crippen LogP contribution in [0.15, 0.2) is 40.9 Å². The van der Waals surface area contributed by atoms with Gasteiger partial charge in [-0.05, 0) is 52.7 Å². The maximum absolute atomic E-state index is 13.9. The monoisotopic (exact) mass is 322 g/mol. The Labute approximate surface area is 119 Å². The Bertz CT molecular complexity index is 638. The molecule has 0 amide bonds. The lowest BCUT2D eigenvalue weighted by Gasteiger charge is -2.09. The van der Waals surface area contributed by atoms with E-state index < -0.39 is 11.6 Å². The molecule has 0 radical (unpaired) electrons. The molecule has 0 aliphatic carbocycles. The Morgan fingerprint density at radius 3 is 2.63 bits per heavy atom. The third-order valence-electron chi connectivity index (χ3n) is 2.80. The van der Waals surface area contributed by atoms with Gasteiger partial charge in [-0.3, -0.25) is 4.79 Å². The minimum atomic E-state index is -0.560. The van der Waals surface area contributed by atoms with Gasteiger partial charge in [0.1, 0.15) is 11.6 Å². The second kappa shape index (κ2) is 5.53. The number of halogens is 2. The Morgan fingerprint density at radius 1 is 1.21 bits per heavy atom. The molecule has 98 valence electrons. The van der Waals surface area contributed by atoms with E-state index in [1.807, 2.05) is 6.92 Å². The minimum absolute atomic E-state index is 0.0246. The van der Waals surface area contributed by atoms with Crippen LogP contribution in [0.3, 0.4) is 0 Å². The maximum Gasteiger partial charge on any atom is 0.199 e. The van der Waals surface area contributed by atoms with E-state index >= 15 is 0 Å². The van der Waals surface area contributed by atoms with Crippen LogP contribution in [-0.4, -0.2) is 12.9 Å². The largest absolute Gasteiger partial charge is 0.496 e. The summed E-state index contributed by atoms with van der Waals surface area (Å²) in [6.45, 7) is 1.90. The first-order chi connectivity index (χ1) is 9.04. The fraction of sp³-hybridized carbons (Fsp3) is 0.133. The fourth-order valence-corrected chi connectivity index (χ4v) is 2.18. The summed E-state index contributed by atoms with van der Waals surface area (Å²) < 4.78 is 19.4. The smallest absolute Gasteiger partial charge is 0.199 e. The van der Waals surface area contributed by atoms with Crippen molar-refractivity contribution < 1.29 is 13.9 Å². The molecule has 2 aromatic rings. The number of carbonyl (C=O) groups excluding carboxylic acids is 1. The van der Waals surface area contributed by atoms with Gasteiger partial charge in [-0.1, -0.05) is 12.1 Å². The van der Waals surface area contributed by atoms with E-state index in [0.29, 0.717) is 11.3 Å². The second-order valence-corrected chi connectivity index (χ2v) is 4.99. The first kappa shape index (κ1) is 13.7. The maximum atomic E-state index is 13.9. The summed E-state index contributed by atoms with van der Waals surface area (Å²) in [5.41, 5.74) is 1.35. The van der Waals surface area contributed by atoms with E-state index in [2.05, 4.69) is 15.9 Å². The molecule has 0 heterocycles. The summed E-state index contributed by atoms with van der Waals surface area (Å²) in [5.74, 6) is -0.504. The Kier molecular flexibility index (Phi) is 4.00. The standard InChI is InChI=1S/C15H12BrFO2/c1-9-6-7-10(13(8-9)19-2)15(18)11-4-3-5-12(16)14(11)17/h3-8H,1-2H3. The van der Waals surface area contributed by atoms with Gasteiger partial charge in [0.25, 0.3) is 0 Å². The van der Waals surface area contributed by atoms with Gasteiger partial charge < -0.3 is 4.74 Å². The zero-order valence-corrected chi connectivity index (χ0v) is 12.1. The summed E-state index contributed by atoms with van der Waals surface area (Å²) in [4.78, 5) is 12.4. The zero-order chi connectivity index (χ0) is 14.0. The van der Waals surface area contributed by atoms with E-state index in [9.17, 15) is 9.18 Å². The van der Waals surface area contributed by atoms with Gasteiger partial charge in [-0.2, -0.15) is 0 Å². The molecule has 2 rings (SSSR count). The summed E-state index contributed by atoms with van der Waals surface area (Å²) >= 11 is 3.08. The molecule has 0 bridgehead atoms. The highest BCUT2D eigenvalue weighted by molar-refractivity contribution is 9.10. The van der Waals surface area contributed by atoms with Crippen molar-refractivity contribution in [3.05, 3.63) is 63.4 Å². The van der Waals surface area contributed by atoms with Crippen LogP contribution in [0, 0.1) is 12.7 Å². The van der Waals surface area contributed by atoms with Crippen LogP contribution in [0.4, 0.5) is 4.39 Å². The third kappa shape index (κ3) is 2.68. The summed E-state index contributed by atoms with van der Waals surface area (Å²) in [5, 5.41) is 0. The van der Waals surface area contributed by atoms with Gasteiger partial charge in [-0.15, -0.1) is 0 Å². The van der Waals surface area contributed by atoms with Crippen LogP contribution in [0.1, 0.15) is 21.5 Å². The summed E-state index contributed by atoms with van der Waals surface area (Å²) in [7, 11) is 1.49. The second-order valence-electron chi connectivity index (χ2n) is 4.13. The highest BCUT2D eigenvalue weighted by atomic mass is 79.9. The molecule has 0 aliphatic rings. The molecule has 0 aliphatic heterocycles. The molecular weight excluding hydrogens is 311 g/mol. The summed E-state index contributed by atoms with van der Waals surface area (Å²) in [6.07, 6.45) is 0. The van der Waals surface area contributed by atoms with Crippen molar-refractivity contribution in [1.29, 1.82) is 0 Å². The average Bonchev–Trinajstić information content (AvgIpc) is 2.41. The van der Waals surface area contributed by atoms with E-state index in [1.165, 1.54) is 13.2 Å². The van der Waals surface area contributed by atoms with Gasteiger partial charge >= 0.3 is 0 Å². The van der Waals surface area contributed by atoms with Crippen LogP contribution in [0.25, 0.3) is 0 Å². The van der Waals surface area contributed by atoms with E-state index in [0.717, 1.165) is 5.56 Å². The predicted molar refractivity (Wildman–Crippen MR) is 75.3 cm³/mol. The van der Waals surface area contributed by atoms with Gasteiger partial charge in [-0.25, -0.2) is 4.39 Å². The Hall–Kier alpha value is -1.68. The van der Waals surface area contributed by atoms with Gasteiger partial charge in [0.05, 0.1) is 22.7 Å². The predicted octanol–water partition coefficient (Wildman–Crippen LogP) is 4.14. The molecule has 0 spiro atoms. The molecule has 4 heteroatoms. The van der Waals surface area contributed by atoms with Crippen LogP contribution in [0.2, 0.25) is 0 Å². The van der Waals surface area contributed by atoms with Crippen molar-refractivity contribution in [3.63, 3.8) is 0 Å². The van der Waals surface area contributed by atoms with Crippen molar-refractivity contribution in [3.8, 4) is 5.75 Å². The molecule has 0 N–H and O–H groups in total. The zero-order valence-electron chi connectivity index (χ0n) is 10.5. The number of methoxy groups -OCH3 is 1. The molecule has 0 saturated carbocycles. The number of aryl methyl sites for hydroxylation is 1. The van der Waals surface area contributed by atoms with Gasteiger partial charge in [0.15, 0.2) is 5.78 Å². The highest BCUT2D eigenvalue weighted by Gasteiger charge is 2.19. The van der Waals surface area contributed by atoms with E-state index in [-0.39, 0.29) is 10.0 Å². The molecule has 2 aromatic carbocycles. The number of hydrogen-bond donors (Lipinski definition) is 0. The van der Waals surface area contributed by atoms with Crippen LogP contribution in [-0.2, 0) is 0 Å². The summed E-state index contributed by atoms with van der Waals surface area (Å²) in [6, 6.07) is 9.84. The van der Waals surface area contributed by atoms with Gasteiger partial charge in [0.2, 0.25) is 0 Å². The molecule has 19 heavy (non-hydrogen) atoms. The molecule has 0 aromatic heterocycles. The number of rotatable bonds is 3. The number of ether oxygens (including phenoxy) is 1. The molecule has 0 atom stereocenters. The highest BCUT2D eigenvalue weighted by Crippen LogP contribution is 2.26. The lowest BCUT2D eigenvalue weighted by molar-refractivity contribution is 0.103.